The van der Waals surface area contributed by atoms with Crippen molar-refractivity contribution < 1.29 is 24.1 Å². The maximum absolute atomic E-state index is 14.8. The Morgan fingerprint density at radius 3 is 2.86 bits per heavy atom. The predicted molar refractivity (Wildman–Crippen MR) is 72.8 cm³/mol. The van der Waals surface area contributed by atoms with E-state index in [1.165, 1.54) is 24.9 Å². The maximum Gasteiger partial charge on any atom is 0.246 e. The molecule has 1 aliphatic heterocycles. The summed E-state index contributed by atoms with van der Waals surface area (Å²) in [5.74, 6) is 0.0861. The SMILES string of the molecule is COc1nc(N)nc2c1ncn2C1O[C@H](CO)[C@@H](O)[C@@]1(C)F. The van der Waals surface area contributed by atoms with Crippen LogP contribution in [0.15, 0.2) is 6.33 Å². The number of methoxy groups -OCH3 is 1. The first kappa shape index (κ1) is 14.9. The van der Waals surface area contributed by atoms with Crippen LogP contribution in [0, 0.1) is 0 Å². The molecule has 0 aromatic carbocycles. The van der Waals surface area contributed by atoms with Crippen molar-refractivity contribution in [3.63, 3.8) is 0 Å². The van der Waals surface area contributed by atoms with Crippen LogP contribution in [0.25, 0.3) is 11.2 Å². The van der Waals surface area contributed by atoms with Crippen molar-refractivity contribution in [2.45, 2.75) is 31.0 Å². The monoisotopic (exact) mass is 313 g/mol. The van der Waals surface area contributed by atoms with Crippen LogP contribution in [-0.4, -0.2) is 61.3 Å². The Kier molecular flexibility index (Phi) is 3.38. The van der Waals surface area contributed by atoms with E-state index in [2.05, 4.69) is 15.0 Å². The molecule has 9 nitrogen and oxygen atoms in total. The Morgan fingerprint density at radius 1 is 1.55 bits per heavy atom. The quantitative estimate of drug-likeness (QED) is 0.685. The van der Waals surface area contributed by atoms with Gasteiger partial charge in [0.2, 0.25) is 11.8 Å². The third kappa shape index (κ3) is 1.99. The highest BCUT2D eigenvalue weighted by Gasteiger charge is 2.55. The fourth-order valence-electron chi connectivity index (χ4n) is 2.58. The van der Waals surface area contributed by atoms with Gasteiger partial charge in [-0.2, -0.15) is 9.97 Å². The van der Waals surface area contributed by atoms with E-state index in [4.69, 9.17) is 15.2 Å². The van der Waals surface area contributed by atoms with Gasteiger partial charge in [0.25, 0.3) is 0 Å². The minimum Gasteiger partial charge on any atom is -0.479 e. The van der Waals surface area contributed by atoms with E-state index in [0.29, 0.717) is 0 Å². The molecule has 0 bridgehead atoms. The van der Waals surface area contributed by atoms with Crippen molar-refractivity contribution in [1.82, 2.24) is 19.5 Å². The number of aliphatic hydroxyl groups excluding tert-OH is 2. The van der Waals surface area contributed by atoms with Crippen LogP contribution in [0.4, 0.5) is 10.3 Å². The molecule has 2 aromatic rings. The number of alkyl halides is 1. The van der Waals surface area contributed by atoms with Crippen molar-refractivity contribution >= 4 is 17.1 Å². The second-order valence-electron chi connectivity index (χ2n) is 5.22. The number of hydrogen-bond donors (Lipinski definition) is 3. The molecule has 3 rings (SSSR count). The standard InChI is InChI=1S/C12H16FN5O4/c1-12(13)7(20)5(3-19)22-10(12)18-4-15-6-8(18)16-11(14)17-9(6)21-2/h4-5,7,10,19-20H,3H2,1-2H3,(H2,14,16,17)/t5-,7-,10?,12-/m1/s1. The molecule has 22 heavy (non-hydrogen) atoms. The molecular weight excluding hydrogens is 297 g/mol. The normalized spacial score (nSPS) is 31.8. The van der Waals surface area contributed by atoms with E-state index in [-0.39, 0.29) is 23.0 Å². The van der Waals surface area contributed by atoms with Crippen molar-refractivity contribution in [3.8, 4) is 5.88 Å². The van der Waals surface area contributed by atoms with Crippen LogP contribution in [0.1, 0.15) is 13.2 Å². The van der Waals surface area contributed by atoms with Crippen molar-refractivity contribution in [3.05, 3.63) is 6.33 Å². The molecule has 0 saturated carbocycles. The van der Waals surface area contributed by atoms with E-state index >= 15 is 0 Å². The lowest BCUT2D eigenvalue weighted by Gasteiger charge is -2.24. The second-order valence-corrected chi connectivity index (χ2v) is 5.22. The van der Waals surface area contributed by atoms with Gasteiger partial charge in [0, 0.05) is 0 Å². The van der Waals surface area contributed by atoms with Gasteiger partial charge in [-0.25, -0.2) is 9.37 Å². The largest absolute Gasteiger partial charge is 0.479 e. The first-order chi connectivity index (χ1) is 10.4. The van der Waals surface area contributed by atoms with E-state index in [9.17, 15) is 14.6 Å². The molecule has 0 amide bonds. The molecule has 1 aliphatic rings. The number of aromatic nitrogens is 4. The lowest BCUT2D eigenvalue weighted by Crippen LogP contribution is -2.40. The van der Waals surface area contributed by atoms with Gasteiger partial charge in [-0.1, -0.05) is 0 Å². The van der Waals surface area contributed by atoms with Crippen LogP contribution in [0.5, 0.6) is 5.88 Å². The van der Waals surface area contributed by atoms with Crippen LogP contribution in [0.3, 0.4) is 0 Å². The molecule has 10 heteroatoms. The van der Waals surface area contributed by atoms with Crippen LogP contribution in [0.2, 0.25) is 0 Å². The summed E-state index contributed by atoms with van der Waals surface area (Å²) in [5, 5.41) is 19.1. The van der Waals surface area contributed by atoms with Crippen LogP contribution >= 0.6 is 0 Å². The first-order valence-electron chi connectivity index (χ1n) is 6.57. The molecule has 1 unspecified atom stereocenters. The molecule has 4 atom stereocenters. The lowest BCUT2D eigenvalue weighted by molar-refractivity contribution is -0.0566. The maximum atomic E-state index is 14.8. The Bertz CT molecular complexity index is 706. The topological polar surface area (TPSA) is 129 Å². The molecule has 120 valence electrons. The van der Waals surface area contributed by atoms with Crippen LogP contribution in [-0.2, 0) is 4.74 Å². The third-order valence-electron chi connectivity index (χ3n) is 3.75. The highest BCUT2D eigenvalue weighted by atomic mass is 19.1. The summed E-state index contributed by atoms with van der Waals surface area (Å²) in [4.78, 5) is 12.0. The van der Waals surface area contributed by atoms with Crippen molar-refractivity contribution in [2.75, 3.05) is 19.5 Å². The van der Waals surface area contributed by atoms with E-state index in [1.54, 1.807) is 0 Å². The molecule has 1 fully saturated rings. The molecule has 0 radical (unpaired) electrons. The third-order valence-corrected chi connectivity index (χ3v) is 3.75. The van der Waals surface area contributed by atoms with Crippen molar-refractivity contribution in [1.29, 1.82) is 0 Å². The van der Waals surface area contributed by atoms with Crippen molar-refractivity contribution in [2.24, 2.45) is 0 Å². The van der Waals surface area contributed by atoms with Gasteiger partial charge >= 0.3 is 0 Å². The average Bonchev–Trinajstić information content (AvgIpc) is 2.98. The molecule has 4 N–H and O–H groups in total. The lowest BCUT2D eigenvalue weighted by atomic mass is 9.98. The van der Waals surface area contributed by atoms with Gasteiger partial charge in [0.1, 0.15) is 12.2 Å². The summed E-state index contributed by atoms with van der Waals surface area (Å²) >= 11 is 0. The zero-order valence-corrected chi connectivity index (χ0v) is 12.0. The van der Waals surface area contributed by atoms with Gasteiger partial charge < -0.3 is 25.4 Å². The summed E-state index contributed by atoms with van der Waals surface area (Å²) in [6.45, 7) is 0.676. The Morgan fingerprint density at radius 2 is 2.27 bits per heavy atom. The first-order valence-corrected chi connectivity index (χ1v) is 6.57. The number of ether oxygens (including phenoxy) is 2. The summed E-state index contributed by atoms with van der Waals surface area (Å²) < 4.78 is 26.6. The fourth-order valence-corrected chi connectivity index (χ4v) is 2.58. The molecular formula is C12H16FN5O4. The minimum absolute atomic E-state index is 0.0658. The average molecular weight is 313 g/mol. The highest BCUT2D eigenvalue weighted by molar-refractivity contribution is 5.77. The number of imidazole rings is 1. The summed E-state index contributed by atoms with van der Waals surface area (Å²) in [5.41, 5.74) is 3.97. The zero-order valence-electron chi connectivity index (χ0n) is 12.0. The van der Waals surface area contributed by atoms with Gasteiger partial charge in [0.05, 0.1) is 20.0 Å². The van der Waals surface area contributed by atoms with Crippen LogP contribution < -0.4 is 10.5 Å². The number of rotatable bonds is 3. The van der Waals surface area contributed by atoms with Gasteiger partial charge in [0.15, 0.2) is 23.1 Å². The highest BCUT2D eigenvalue weighted by Crippen LogP contribution is 2.42. The van der Waals surface area contributed by atoms with E-state index in [1.807, 2.05) is 0 Å². The Labute approximate surface area is 124 Å². The summed E-state index contributed by atoms with van der Waals surface area (Å²) in [6.07, 6.45) is -2.45. The summed E-state index contributed by atoms with van der Waals surface area (Å²) in [7, 11) is 1.40. The smallest absolute Gasteiger partial charge is 0.246 e. The second kappa shape index (κ2) is 5.00. The van der Waals surface area contributed by atoms with Gasteiger partial charge in [-0.05, 0) is 6.92 Å². The number of fused-ring (bicyclic) bond motifs is 1. The Hall–Kier alpha value is -2.04. The number of anilines is 1. The number of nitrogen functional groups attached to an aromatic ring is 1. The number of halogens is 1. The predicted octanol–water partition coefficient (Wildman–Crippen LogP) is -0.604. The van der Waals surface area contributed by atoms with E-state index < -0.39 is 30.7 Å². The molecule has 1 saturated heterocycles. The number of hydrogen-bond acceptors (Lipinski definition) is 8. The Balaban J connectivity index is 2.13. The fraction of sp³-hybridized carbons (Fsp3) is 0.583. The number of aliphatic hydroxyl groups is 2. The number of nitrogens with two attached hydrogens (primary N) is 1. The molecule has 0 spiro atoms. The zero-order chi connectivity index (χ0) is 16.1. The molecule has 2 aromatic heterocycles. The molecule has 0 aliphatic carbocycles. The van der Waals surface area contributed by atoms with Gasteiger partial charge in [-0.3, -0.25) is 4.57 Å². The van der Waals surface area contributed by atoms with E-state index in [0.717, 1.165) is 0 Å². The summed E-state index contributed by atoms with van der Waals surface area (Å²) in [6, 6.07) is 0. The number of nitrogens with zero attached hydrogens (tertiary/aromatic N) is 4. The molecule has 3 heterocycles. The van der Waals surface area contributed by atoms with Gasteiger partial charge in [-0.15, -0.1) is 0 Å². The minimum atomic E-state index is -2.14.